The number of oxime groups is 1. The van der Waals surface area contributed by atoms with Gasteiger partial charge in [0.1, 0.15) is 5.82 Å². The summed E-state index contributed by atoms with van der Waals surface area (Å²) >= 11 is 0. The van der Waals surface area contributed by atoms with Crippen molar-refractivity contribution in [2.45, 2.75) is 57.9 Å². The molecule has 0 aliphatic heterocycles. The molecule has 3 N–H and O–H groups in total. The van der Waals surface area contributed by atoms with E-state index in [9.17, 15) is 4.79 Å². The van der Waals surface area contributed by atoms with Crippen LogP contribution in [0.1, 0.15) is 51.9 Å². The molecular formula is C27H36N6O2. The van der Waals surface area contributed by atoms with Gasteiger partial charge in [0.05, 0.1) is 11.2 Å². The van der Waals surface area contributed by atoms with Gasteiger partial charge in [-0.15, -0.1) is 5.90 Å². The highest BCUT2D eigenvalue weighted by molar-refractivity contribution is 6.09. The Morgan fingerprint density at radius 2 is 1.97 bits per heavy atom. The highest BCUT2D eigenvalue weighted by Crippen LogP contribution is 2.31. The molecular weight excluding hydrogens is 440 g/mol. The van der Waals surface area contributed by atoms with Crippen molar-refractivity contribution in [2.75, 3.05) is 24.3 Å². The van der Waals surface area contributed by atoms with Gasteiger partial charge in [-0.2, -0.15) is 4.98 Å². The lowest BCUT2D eigenvalue weighted by Crippen LogP contribution is -2.27. The normalized spacial score (nSPS) is 23.3. The van der Waals surface area contributed by atoms with Gasteiger partial charge in [0.15, 0.2) is 5.78 Å². The predicted molar refractivity (Wildman–Crippen MR) is 141 cm³/mol. The number of carbonyl (C=O) groups excluding carboxylic acids is 1. The van der Waals surface area contributed by atoms with Gasteiger partial charge in [-0.3, -0.25) is 4.79 Å². The first-order valence-electron chi connectivity index (χ1n) is 12.5. The van der Waals surface area contributed by atoms with Crippen molar-refractivity contribution >= 4 is 34.2 Å². The van der Waals surface area contributed by atoms with Crippen molar-refractivity contribution in [2.24, 2.45) is 22.9 Å². The monoisotopic (exact) mass is 476 g/mol. The molecule has 0 bridgehead atoms. The Morgan fingerprint density at radius 1 is 1.20 bits per heavy atom. The van der Waals surface area contributed by atoms with Crippen molar-refractivity contribution in [3.63, 3.8) is 0 Å². The summed E-state index contributed by atoms with van der Waals surface area (Å²) in [6.07, 6.45) is 12.7. The third kappa shape index (κ3) is 6.25. The maximum absolute atomic E-state index is 12.6. The number of rotatable bonds is 9. The largest absolute Gasteiger partial charge is 0.362 e. The summed E-state index contributed by atoms with van der Waals surface area (Å²) in [5.41, 5.74) is 2.31. The minimum Gasteiger partial charge on any atom is -0.362 e. The Bertz CT molecular complexity index is 1130. The first-order chi connectivity index (χ1) is 16.9. The van der Waals surface area contributed by atoms with Crippen LogP contribution in [-0.4, -0.2) is 41.6 Å². The fourth-order valence-electron chi connectivity index (χ4n) is 4.97. The molecule has 0 radical (unpaired) electrons. The third-order valence-corrected chi connectivity index (χ3v) is 7.02. The summed E-state index contributed by atoms with van der Waals surface area (Å²) in [7, 11) is 4.02. The van der Waals surface area contributed by atoms with Crippen LogP contribution in [0.5, 0.6) is 0 Å². The van der Waals surface area contributed by atoms with Crippen LogP contribution < -0.4 is 16.1 Å². The lowest BCUT2D eigenvalue weighted by Gasteiger charge is -2.29. The van der Waals surface area contributed by atoms with Crippen LogP contribution in [0.3, 0.4) is 0 Å². The predicted octanol–water partition coefficient (Wildman–Crippen LogP) is 4.78. The maximum atomic E-state index is 12.6. The minimum absolute atomic E-state index is 0.0911. The van der Waals surface area contributed by atoms with E-state index in [0.717, 1.165) is 55.2 Å². The van der Waals surface area contributed by atoms with Crippen molar-refractivity contribution in [3.05, 3.63) is 48.1 Å². The molecule has 35 heavy (non-hydrogen) atoms. The van der Waals surface area contributed by atoms with Gasteiger partial charge in [0.25, 0.3) is 0 Å². The van der Waals surface area contributed by atoms with E-state index in [1.165, 1.54) is 0 Å². The lowest BCUT2D eigenvalue weighted by molar-refractivity contribution is -0.115. The number of carbonyl (C=O) groups is 1. The number of Topliss-reactive ketones (excluding diaryl/α,β-unsaturated/α-hetero) is 1. The molecule has 4 rings (SSSR count). The number of allylic oxidation sites excluding steroid dienone is 4. The van der Waals surface area contributed by atoms with Crippen LogP contribution in [0, 0.1) is 11.8 Å². The summed E-state index contributed by atoms with van der Waals surface area (Å²) in [5.74, 6) is 7.60. The highest BCUT2D eigenvalue weighted by atomic mass is 16.7. The smallest absolute Gasteiger partial charge is 0.225 e. The summed E-state index contributed by atoms with van der Waals surface area (Å²) in [6, 6.07) is 8.51. The zero-order valence-corrected chi connectivity index (χ0v) is 20.9. The Hall–Kier alpha value is -3.26. The van der Waals surface area contributed by atoms with Crippen LogP contribution in [-0.2, 0) is 9.73 Å². The Morgan fingerprint density at radius 3 is 2.71 bits per heavy atom. The topological polar surface area (TPSA) is 106 Å². The number of hydrogen-bond donors (Lipinski definition) is 2. The van der Waals surface area contributed by atoms with E-state index < -0.39 is 0 Å². The second-order valence-corrected chi connectivity index (χ2v) is 9.83. The minimum atomic E-state index is 0.0911. The molecule has 8 heteroatoms. The van der Waals surface area contributed by atoms with Crippen molar-refractivity contribution in [3.8, 4) is 0 Å². The molecule has 1 atom stereocenters. The van der Waals surface area contributed by atoms with Gasteiger partial charge in [-0.1, -0.05) is 42.8 Å². The van der Waals surface area contributed by atoms with Crippen LogP contribution in [0.4, 0.5) is 11.8 Å². The first-order valence-corrected chi connectivity index (χ1v) is 12.5. The van der Waals surface area contributed by atoms with E-state index >= 15 is 0 Å². The standard InChI is InChI=1S/C27H36N6O2/c1-18-11-14-20(17-24(18)32-35-28)25(34)10-6-7-19-12-15-21(16-13-19)29-27-30-23-9-5-4-8-22(23)26(31-27)33(2)3/h4-5,8-9,11,14,17-19,21H,6-7,10,12-13,15-16,28H2,1-3H3,(H,29,30,31)/b32-24-. The third-order valence-electron chi connectivity index (χ3n) is 7.02. The number of hydrogen-bond acceptors (Lipinski definition) is 8. The second-order valence-electron chi connectivity index (χ2n) is 9.83. The SMILES string of the molecule is CC1C=CC(C(=O)CCCC2CCC(Nc3nc(N(C)C)c4ccccc4n3)CC2)=C/C1=N/ON. The van der Waals surface area contributed by atoms with Crippen LogP contribution in [0.25, 0.3) is 10.9 Å². The van der Waals surface area contributed by atoms with Gasteiger partial charge < -0.3 is 15.2 Å². The molecule has 1 saturated carbocycles. The zero-order valence-electron chi connectivity index (χ0n) is 20.9. The molecule has 1 aromatic carbocycles. The molecule has 1 fully saturated rings. The molecule has 2 aliphatic rings. The quantitative estimate of drug-likeness (QED) is 0.502. The number of para-hydroxylation sites is 1. The number of nitrogens with zero attached hydrogens (tertiary/aromatic N) is 4. The highest BCUT2D eigenvalue weighted by Gasteiger charge is 2.23. The molecule has 1 aromatic heterocycles. The Labute approximate surface area is 207 Å². The van der Waals surface area contributed by atoms with Gasteiger partial charge in [0.2, 0.25) is 5.95 Å². The van der Waals surface area contributed by atoms with Gasteiger partial charge in [-0.25, -0.2) is 4.98 Å². The maximum Gasteiger partial charge on any atom is 0.225 e. The molecule has 1 heterocycles. The van der Waals surface area contributed by atoms with E-state index in [-0.39, 0.29) is 11.7 Å². The summed E-state index contributed by atoms with van der Waals surface area (Å²) in [4.78, 5) is 28.6. The summed E-state index contributed by atoms with van der Waals surface area (Å²) < 4.78 is 0. The zero-order chi connectivity index (χ0) is 24.8. The van der Waals surface area contributed by atoms with Crippen LogP contribution in [0.15, 0.2) is 53.2 Å². The number of nitrogens with two attached hydrogens (primary N) is 1. The molecule has 2 aromatic rings. The molecule has 2 aliphatic carbocycles. The van der Waals surface area contributed by atoms with Gasteiger partial charge in [-0.05, 0) is 56.2 Å². The van der Waals surface area contributed by atoms with E-state index in [2.05, 4.69) is 21.5 Å². The number of fused-ring (bicyclic) bond motifs is 1. The average molecular weight is 477 g/mol. The number of nitrogens with one attached hydrogen (secondary N) is 1. The number of aromatic nitrogens is 2. The Kier molecular flexibility index (Phi) is 8.13. The van der Waals surface area contributed by atoms with Crippen molar-refractivity contribution in [1.82, 2.24) is 9.97 Å². The number of anilines is 2. The van der Waals surface area contributed by atoms with Crippen LogP contribution >= 0.6 is 0 Å². The van der Waals surface area contributed by atoms with E-state index in [1.807, 2.05) is 56.3 Å². The van der Waals surface area contributed by atoms with E-state index in [0.29, 0.717) is 35.6 Å². The van der Waals surface area contributed by atoms with Crippen LogP contribution in [0.2, 0.25) is 0 Å². The van der Waals surface area contributed by atoms with Crippen molar-refractivity contribution < 1.29 is 9.73 Å². The average Bonchev–Trinajstić information content (AvgIpc) is 2.86. The number of ketones is 1. The Balaban J connectivity index is 1.25. The second kappa shape index (κ2) is 11.4. The molecule has 1 unspecified atom stereocenters. The first kappa shape index (κ1) is 24.9. The number of benzene rings is 1. The van der Waals surface area contributed by atoms with Gasteiger partial charge >= 0.3 is 0 Å². The molecule has 0 saturated heterocycles. The van der Waals surface area contributed by atoms with Crippen molar-refractivity contribution in [1.29, 1.82) is 0 Å². The summed E-state index contributed by atoms with van der Waals surface area (Å²) in [6.45, 7) is 1.99. The summed E-state index contributed by atoms with van der Waals surface area (Å²) in [5, 5.41) is 8.45. The lowest BCUT2D eigenvalue weighted by atomic mass is 9.82. The fraction of sp³-hybridized carbons (Fsp3) is 0.481. The van der Waals surface area contributed by atoms with E-state index in [4.69, 9.17) is 15.9 Å². The van der Waals surface area contributed by atoms with E-state index in [1.54, 1.807) is 6.08 Å². The molecule has 186 valence electrons. The fourth-order valence-corrected chi connectivity index (χ4v) is 4.97. The molecule has 0 amide bonds. The molecule has 8 nitrogen and oxygen atoms in total. The molecule has 0 spiro atoms. The van der Waals surface area contributed by atoms with Gasteiger partial charge in [0, 0.05) is 43.4 Å².